The van der Waals surface area contributed by atoms with Crippen LogP contribution in [0.5, 0.6) is 0 Å². The van der Waals surface area contributed by atoms with E-state index in [9.17, 15) is 14.0 Å². The predicted octanol–water partition coefficient (Wildman–Crippen LogP) is 4.29. The molecule has 3 saturated heterocycles. The van der Waals surface area contributed by atoms with Gasteiger partial charge >= 0.3 is 6.03 Å². The summed E-state index contributed by atoms with van der Waals surface area (Å²) in [4.78, 5) is 31.2. The molecule has 0 unspecified atom stereocenters. The number of carbonyl (C=O) groups is 2. The van der Waals surface area contributed by atoms with Gasteiger partial charge in [-0.25, -0.2) is 9.18 Å². The number of hydrogen-bond donors (Lipinski definition) is 0. The number of anilines is 1. The van der Waals surface area contributed by atoms with Crippen molar-refractivity contribution in [1.29, 1.82) is 0 Å². The Kier molecular flexibility index (Phi) is 6.66. The lowest BCUT2D eigenvalue weighted by Crippen LogP contribution is -2.43. The van der Waals surface area contributed by atoms with Crippen molar-refractivity contribution in [2.45, 2.75) is 58.7 Å². The van der Waals surface area contributed by atoms with Gasteiger partial charge < -0.3 is 9.80 Å². The molecule has 1 aromatic carbocycles. The van der Waals surface area contributed by atoms with Gasteiger partial charge in [0.25, 0.3) is 0 Å². The molecule has 0 aliphatic carbocycles. The fourth-order valence-corrected chi connectivity index (χ4v) is 5.89. The van der Waals surface area contributed by atoms with Crippen LogP contribution in [0.25, 0.3) is 0 Å². The van der Waals surface area contributed by atoms with Crippen molar-refractivity contribution >= 4 is 17.5 Å². The smallest absolute Gasteiger partial charge is 0.344 e. The Hall–Kier alpha value is -2.74. The van der Waals surface area contributed by atoms with Crippen LogP contribution in [-0.4, -0.2) is 76.8 Å². The first kappa shape index (κ1) is 24.0. The van der Waals surface area contributed by atoms with Crippen molar-refractivity contribution < 1.29 is 14.0 Å². The zero-order valence-electron chi connectivity index (χ0n) is 20.9. The summed E-state index contributed by atoms with van der Waals surface area (Å²) in [5, 5.41) is 4.15. The van der Waals surface area contributed by atoms with E-state index in [1.165, 1.54) is 28.4 Å². The van der Waals surface area contributed by atoms with Crippen molar-refractivity contribution in [3.05, 3.63) is 47.3 Å². The van der Waals surface area contributed by atoms with Crippen LogP contribution in [0.3, 0.4) is 0 Å². The third-order valence-electron chi connectivity index (χ3n) is 8.17. The summed E-state index contributed by atoms with van der Waals surface area (Å²) in [5.41, 5.74) is 4.32. The molecule has 3 aliphatic heterocycles. The molecular formula is C27H36FN5O2. The molecular weight excluding hydrogens is 445 g/mol. The molecule has 8 heteroatoms. The van der Waals surface area contributed by atoms with E-state index in [1.807, 2.05) is 4.90 Å². The van der Waals surface area contributed by atoms with Crippen LogP contribution < -0.4 is 4.90 Å². The first-order valence-corrected chi connectivity index (χ1v) is 12.9. The van der Waals surface area contributed by atoms with E-state index < -0.39 is 6.17 Å². The first-order chi connectivity index (χ1) is 16.8. The molecule has 3 fully saturated rings. The number of alkyl halides is 1. The minimum Gasteiger partial charge on any atom is -0.371 e. The summed E-state index contributed by atoms with van der Waals surface area (Å²) >= 11 is 0. The van der Waals surface area contributed by atoms with Crippen molar-refractivity contribution in [3.8, 4) is 0 Å². The van der Waals surface area contributed by atoms with Gasteiger partial charge in [0.2, 0.25) is 0 Å². The summed E-state index contributed by atoms with van der Waals surface area (Å²) in [7, 11) is 0. The number of likely N-dealkylation sites (tertiary alicyclic amines) is 2. The van der Waals surface area contributed by atoms with Crippen LogP contribution in [0.1, 0.15) is 60.6 Å². The van der Waals surface area contributed by atoms with Gasteiger partial charge in [0, 0.05) is 51.5 Å². The Morgan fingerprint density at radius 3 is 2.46 bits per heavy atom. The molecule has 1 aromatic heterocycles. The number of carbonyl (C=O) groups excluding carboxylic acids is 2. The Bertz CT molecular complexity index is 1080. The van der Waals surface area contributed by atoms with Crippen molar-refractivity contribution in [1.82, 2.24) is 19.6 Å². The van der Waals surface area contributed by atoms with E-state index in [2.05, 4.69) is 40.0 Å². The average molecular weight is 482 g/mol. The third-order valence-corrected chi connectivity index (χ3v) is 8.17. The maximum absolute atomic E-state index is 13.7. The summed E-state index contributed by atoms with van der Waals surface area (Å²) < 4.78 is 15.0. The van der Waals surface area contributed by atoms with E-state index in [4.69, 9.17) is 0 Å². The number of ketones is 1. The van der Waals surface area contributed by atoms with Gasteiger partial charge in [0.15, 0.2) is 5.78 Å². The highest BCUT2D eigenvalue weighted by Gasteiger charge is 2.42. The second kappa shape index (κ2) is 9.72. The average Bonchev–Trinajstić information content (AvgIpc) is 3.50. The summed E-state index contributed by atoms with van der Waals surface area (Å²) in [5.74, 6) is -0.134. The van der Waals surface area contributed by atoms with E-state index in [-0.39, 0.29) is 17.2 Å². The van der Waals surface area contributed by atoms with Gasteiger partial charge in [0.1, 0.15) is 11.9 Å². The lowest BCUT2D eigenvalue weighted by Gasteiger charge is -2.40. The van der Waals surface area contributed by atoms with Crippen LogP contribution in [0.4, 0.5) is 14.9 Å². The number of amides is 1. The van der Waals surface area contributed by atoms with Crippen molar-refractivity contribution in [3.63, 3.8) is 0 Å². The molecule has 0 saturated carbocycles. The number of piperidine rings is 2. The number of benzene rings is 1. The van der Waals surface area contributed by atoms with E-state index in [0.717, 1.165) is 65.1 Å². The highest BCUT2D eigenvalue weighted by molar-refractivity contribution is 5.92. The van der Waals surface area contributed by atoms with Crippen LogP contribution >= 0.6 is 0 Å². The first-order valence-electron chi connectivity index (χ1n) is 12.9. The molecule has 2 aromatic rings. The summed E-state index contributed by atoms with van der Waals surface area (Å²) in [6, 6.07) is 8.14. The van der Waals surface area contributed by atoms with E-state index in [1.54, 1.807) is 12.3 Å². The second-order valence-electron chi connectivity index (χ2n) is 10.7. The number of nitrogens with zero attached hydrogens (tertiary/aromatic N) is 5. The lowest BCUT2D eigenvalue weighted by molar-refractivity contribution is 0.101. The molecule has 0 radical (unpaired) electrons. The maximum atomic E-state index is 13.7. The zero-order valence-corrected chi connectivity index (χ0v) is 20.9. The molecule has 188 valence electrons. The molecule has 1 spiro atoms. The fraction of sp³-hybridized carbons (Fsp3) is 0.593. The Balaban J connectivity index is 1.19. The van der Waals surface area contributed by atoms with E-state index in [0.29, 0.717) is 18.5 Å². The molecule has 0 N–H and O–H groups in total. The number of rotatable bonds is 4. The topological polar surface area (TPSA) is 61.7 Å². The minimum absolute atomic E-state index is 0.134. The molecule has 0 atom stereocenters. The number of aromatic nitrogens is 2. The van der Waals surface area contributed by atoms with Crippen LogP contribution in [0.2, 0.25) is 0 Å². The monoisotopic (exact) mass is 481 g/mol. The normalized spacial score (nSPS) is 21.1. The Morgan fingerprint density at radius 1 is 1.06 bits per heavy atom. The number of hydrogen-bond acceptors (Lipinski definition) is 5. The van der Waals surface area contributed by atoms with E-state index >= 15 is 0 Å². The molecule has 4 heterocycles. The molecule has 0 bridgehead atoms. The Morgan fingerprint density at radius 2 is 1.77 bits per heavy atom. The SMILES string of the molecule is CC(=O)c1ccn(C(=O)N2CCC3(CCN(Cc4ccc(C)cc4N4CCC(F)CC4)CC3)C2)n1. The molecule has 35 heavy (non-hydrogen) atoms. The standard InChI is InChI=1S/C27H36FN5O2/c1-20-3-4-22(25(17-20)31-11-5-23(28)6-12-31)18-30-14-8-27(9-15-30)10-16-32(19-27)26(35)33-13-7-24(29-33)21(2)34/h3-4,7,13,17,23H,5-6,8-12,14-16,18-19H2,1-2H3. The largest absolute Gasteiger partial charge is 0.371 e. The fourth-order valence-electron chi connectivity index (χ4n) is 5.89. The molecule has 7 nitrogen and oxygen atoms in total. The minimum atomic E-state index is -0.667. The van der Waals surface area contributed by atoms with Crippen molar-refractivity contribution in [2.24, 2.45) is 5.41 Å². The van der Waals surface area contributed by atoms with Gasteiger partial charge in [-0.15, -0.1) is 0 Å². The third kappa shape index (κ3) is 5.13. The highest BCUT2D eigenvalue weighted by Crippen LogP contribution is 2.41. The van der Waals surface area contributed by atoms with Gasteiger partial charge in [-0.3, -0.25) is 9.69 Å². The maximum Gasteiger partial charge on any atom is 0.344 e. The summed E-state index contributed by atoms with van der Waals surface area (Å²) in [6.07, 6.45) is 5.31. The second-order valence-corrected chi connectivity index (χ2v) is 10.7. The summed E-state index contributed by atoms with van der Waals surface area (Å²) in [6.45, 7) is 9.58. The molecule has 1 amide bonds. The number of aryl methyl sites for hydroxylation is 1. The van der Waals surface area contributed by atoms with Crippen molar-refractivity contribution in [2.75, 3.05) is 44.2 Å². The number of Topliss-reactive ketones (excluding diaryl/α,β-unsaturated/α-hetero) is 1. The van der Waals surface area contributed by atoms with Gasteiger partial charge in [0.05, 0.1) is 0 Å². The van der Waals surface area contributed by atoms with Crippen LogP contribution in [0.15, 0.2) is 30.5 Å². The predicted molar refractivity (Wildman–Crippen MR) is 134 cm³/mol. The van der Waals surface area contributed by atoms with Gasteiger partial charge in [-0.1, -0.05) is 12.1 Å². The lowest BCUT2D eigenvalue weighted by atomic mass is 9.77. The van der Waals surface area contributed by atoms with Gasteiger partial charge in [-0.05, 0) is 80.8 Å². The Labute approximate surface area is 206 Å². The van der Waals surface area contributed by atoms with Crippen LogP contribution in [0, 0.1) is 12.3 Å². The highest BCUT2D eigenvalue weighted by atomic mass is 19.1. The molecule has 3 aliphatic rings. The zero-order chi connectivity index (χ0) is 24.6. The van der Waals surface area contributed by atoms with Gasteiger partial charge in [-0.2, -0.15) is 9.78 Å². The number of halogens is 1. The quantitative estimate of drug-likeness (QED) is 0.610. The van der Waals surface area contributed by atoms with Crippen LogP contribution in [-0.2, 0) is 6.54 Å². The molecule has 5 rings (SSSR count).